The molecule has 0 spiro atoms. The summed E-state index contributed by atoms with van der Waals surface area (Å²) in [4.78, 5) is 10.7. The zero-order valence-electron chi connectivity index (χ0n) is 13.0. The Bertz CT molecular complexity index is 643. The molecule has 0 aliphatic rings. The third-order valence-electron chi connectivity index (χ3n) is 3.21. The molecule has 0 unspecified atom stereocenters. The molecule has 0 saturated carbocycles. The lowest BCUT2D eigenvalue weighted by Gasteiger charge is -2.11. The molecule has 122 valence electrons. The van der Waals surface area contributed by atoms with E-state index in [1.807, 2.05) is 18.2 Å². The second kappa shape index (κ2) is 9.06. The summed E-state index contributed by atoms with van der Waals surface area (Å²) < 4.78 is 16.5. The van der Waals surface area contributed by atoms with E-state index in [1.165, 1.54) is 0 Å². The molecule has 0 aliphatic heterocycles. The highest BCUT2D eigenvalue weighted by molar-refractivity contribution is 6.32. The maximum absolute atomic E-state index is 10.7. The number of para-hydroxylation sites is 1. The maximum atomic E-state index is 10.7. The first kappa shape index (κ1) is 17.2. The summed E-state index contributed by atoms with van der Waals surface area (Å²) in [7, 11) is 1.55. The van der Waals surface area contributed by atoms with Gasteiger partial charge in [0, 0.05) is 5.56 Å². The smallest absolute Gasteiger partial charge is 0.161 e. The molecule has 0 bridgehead atoms. The van der Waals surface area contributed by atoms with Crippen molar-refractivity contribution in [3.05, 3.63) is 53.1 Å². The van der Waals surface area contributed by atoms with Gasteiger partial charge in [0.15, 0.2) is 11.5 Å². The second-order valence-corrected chi connectivity index (χ2v) is 5.27. The highest BCUT2D eigenvalue weighted by Gasteiger charge is 2.05. The van der Waals surface area contributed by atoms with Gasteiger partial charge in [-0.05, 0) is 43.2 Å². The average Bonchev–Trinajstić information content (AvgIpc) is 2.59. The fourth-order valence-electron chi connectivity index (χ4n) is 2.01. The molecule has 23 heavy (non-hydrogen) atoms. The normalized spacial score (nSPS) is 10.2. The Morgan fingerprint density at radius 2 is 1.65 bits per heavy atom. The summed E-state index contributed by atoms with van der Waals surface area (Å²) in [6.45, 7) is 1.12. The van der Waals surface area contributed by atoms with Crippen LogP contribution in [-0.4, -0.2) is 26.6 Å². The molecule has 0 aliphatic carbocycles. The van der Waals surface area contributed by atoms with Crippen LogP contribution in [-0.2, 0) is 0 Å². The number of methoxy groups -OCH3 is 1. The minimum absolute atomic E-state index is 0.544. The summed E-state index contributed by atoms with van der Waals surface area (Å²) in [5, 5.41) is 0.615. The average molecular weight is 335 g/mol. The van der Waals surface area contributed by atoms with E-state index < -0.39 is 0 Å². The predicted octanol–water partition coefficient (Wildman–Crippen LogP) is 4.40. The van der Waals surface area contributed by atoms with Crippen LogP contribution in [0.3, 0.4) is 0 Å². The van der Waals surface area contributed by atoms with Gasteiger partial charge in [-0.15, -0.1) is 0 Å². The minimum atomic E-state index is 0.544. The summed E-state index contributed by atoms with van der Waals surface area (Å²) in [6.07, 6.45) is 2.46. The molecular weight excluding hydrogens is 316 g/mol. The lowest BCUT2D eigenvalue weighted by Crippen LogP contribution is -2.03. The zero-order chi connectivity index (χ0) is 16.5. The van der Waals surface area contributed by atoms with Crippen LogP contribution >= 0.6 is 11.6 Å². The summed E-state index contributed by atoms with van der Waals surface area (Å²) in [5.74, 6) is 1.88. The molecule has 0 radical (unpaired) electrons. The van der Waals surface area contributed by atoms with Gasteiger partial charge >= 0.3 is 0 Å². The Morgan fingerprint density at radius 3 is 2.30 bits per heavy atom. The number of benzene rings is 2. The van der Waals surface area contributed by atoms with E-state index in [4.69, 9.17) is 25.8 Å². The van der Waals surface area contributed by atoms with Gasteiger partial charge in [0.05, 0.1) is 25.3 Å². The van der Waals surface area contributed by atoms with Crippen LogP contribution in [0.1, 0.15) is 23.2 Å². The Hall–Kier alpha value is -2.20. The lowest BCUT2D eigenvalue weighted by molar-refractivity contribution is 0.112. The van der Waals surface area contributed by atoms with Crippen LogP contribution in [0.15, 0.2) is 42.5 Å². The molecule has 0 amide bonds. The van der Waals surface area contributed by atoms with Crippen LogP contribution in [0.2, 0.25) is 5.02 Å². The topological polar surface area (TPSA) is 44.8 Å². The van der Waals surface area contributed by atoms with Gasteiger partial charge in [0.2, 0.25) is 0 Å². The number of halogens is 1. The molecular formula is C18H19ClO4. The summed E-state index contributed by atoms with van der Waals surface area (Å²) >= 11 is 6.01. The molecule has 2 aromatic rings. The molecule has 4 nitrogen and oxygen atoms in total. The predicted molar refractivity (Wildman–Crippen MR) is 90.1 cm³/mol. The van der Waals surface area contributed by atoms with Crippen molar-refractivity contribution in [1.29, 1.82) is 0 Å². The fourth-order valence-corrected chi connectivity index (χ4v) is 2.20. The number of aldehydes is 1. The van der Waals surface area contributed by atoms with Gasteiger partial charge in [-0.1, -0.05) is 23.7 Å². The number of hydrogen-bond acceptors (Lipinski definition) is 4. The third kappa shape index (κ3) is 5.18. The van der Waals surface area contributed by atoms with Crippen molar-refractivity contribution in [3.63, 3.8) is 0 Å². The van der Waals surface area contributed by atoms with E-state index in [1.54, 1.807) is 31.4 Å². The van der Waals surface area contributed by atoms with Crippen LogP contribution in [0.4, 0.5) is 0 Å². The van der Waals surface area contributed by atoms with Crippen LogP contribution < -0.4 is 14.2 Å². The van der Waals surface area contributed by atoms with Crippen LogP contribution in [0, 0.1) is 0 Å². The van der Waals surface area contributed by atoms with E-state index in [0.717, 1.165) is 19.1 Å². The fraction of sp³-hybridized carbons (Fsp3) is 0.278. The number of ether oxygens (including phenoxy) is 3. The molecule has 0 heterocycles. The number of rotatable bonds is 9. The Labute approximate surface area is 140 Å². The molecule has 2 aromatic carbocycles. The van der Waals surface area contributed by atoms with E-state index >= 15 is 0 Å². The third-order valence-corrected chi connectivity index (χ3v) is 3.53. The number of carbonyl (C=O) groups excluding carboxylic acids is 1. The van der Waals surface area contributed by atoms with Gasteiger partial charge in [-0.25, -0.2) is 0 Å². The molecule has 0 atom stereocenters. The van der Waals surface area contributed by atoms with E-state index in [2.05, 4.69) is 0 Å². The Balaban J connectivity index is 1.71. The van der Waals surface area contributed by atoms with E-state index in [-0.39, 0.29) is 0 Å². The van der Waals surface area contributed by atoms with Crippen molar-refractivity contribution in [2.75, 3.05) is 20.3 Å². The highest BCUT2D eigenvalue weighted by Crippen LogP contribution is 2.28. The molecule has 0 N–H and O–H groups in total. The molecule has 0 fully saturated rings. The van der Waals surface area contributed by atoms with Crippen molar-refractivity contribution in [2.45, 2.75) is 12.8 Å². The first-order valence-electron chi connectivity index (χ1n) is 7.38. The standard InChI is InChI=1S/C18H19ClO4/c1-21-18-12-14(13-20)8-9-17(18)23-11-5-4-10-22-16-7-3-2-6-15(16)19/h2-3,6-9,12-13H,4-5,10-11H2,1H3. The highest BCUT2D eigenvalue weighted by atomic mass is 35.5. The van der Waals surface area contributed by atoms with E-state index in [9.17, 15) is 4.79 Å². The largest absolute Gasteiger partial charge is 0.493 e. The molecule has 0 aromatic heterocycles. The monoisotopic (exact) mass is 334 g/mol. The first-order valence-corrected chi connectivity index (χ1v) is 7.75. The number of hydrogen-bond donors (Lipinski definition) is 0. The molecule has 2 rings (SSSR count). The van der Waals surface area contributed by atoms with Crippen LogP contribution in [0.5, 0.6) is 17.2 Å². The van der Waals surface area contributed by atoms with Gasteiger partial charge in [-0.3, -0.25) is 4.79 Å². The van der Waals surface area contributed by atoms with Gasteiger partial charge in [-0.2, -0.15) is 0 Å². The zero-order valence-corrected chi connectivity index (χ0v) is 13.7. The van der Waals surface area contributed by atoms with Crippen molar-refractivity contribution >= 4 is 17.9 Å². The quantitative estimate of drug-likeness (QED) is 0.503. The van der Waals surface area contributed by atoms with E-state index in [0.29, 0.717) is 41.0 Å². The maximum Gasteiger partial charge on any atom is 0.161 e. The lowest BCUT2D eigenvalue weighted by atomic mass is 10.2. The SMILES string of the molecule is COc1cc(C=O)ccc1OCCCCOc1ccccc1Cl. The minimum Gasteiger partial charge on any atom is -0.493 e. The molecule has 5 heteroatoms. The molecule has 0 saturated heterocycles. The Kier molecular flexibility index (Phi) is 6.76. The van der Waals surface area contributed by atoms with Crippen molar-refractivity contribution in [1.82, 2.24) is 0 Å². The van der Waals surface area contributed by atoms with Crippen molar-refractivity contribution in [2.24, 2.45) is 0 Å². The van der Waals surface area contributed by atoms with Crippen LogP contribution in [0.25, 0.3) is 0 Å². The van der Waals surface area contributed by atoms with Gasteiger partial charge in [0.25, 0.3) is 0 Å². The van der Waals surface area contributed by atoms with Crippen molar-refractivity contribution < 1.29 is 19.0 Å². The Morgan fingerprint density at radius 1 is 0.957 bits per heavy atom. The summed E-state index contributed by atoms with van der Waals surface area (Å²) in [6, 6.07) is 12.5. The second-order valence-electron chi connectivity index (χ2n) is 4.86. The number of carbonyl (C=O) groups is 1. The summed E-state index contributed by atoms with van der Waals surface area (Å²) in [5.41, 5.74) is 0.558. The van der Waals surface area contributed by atoms with Crippen molar-refractivity contribution in [3.8, 4) is 17.2 Å². The van der Waals surface area contributed by atoms with Gasteiger partial charge in [0.1, 0.15) is 12.0 Å². The van der Waals surface area contributed by atoms with Gasteiger partial charge < -0.3 is 14.2 Å². The first-order chi connectivity index (χ1) is 11.2. The number of unbranched alkanes of at least 4 members (excludes halogenated alkanes) is 1.